The van der Waals surface area contributed by atoms with Crippen molar-refractivity contribution in [1.82, 2.24) is 9.55 Å². The highest BCUT2D eigenvalue weighted by Gasteiger charge is 2.07. The highest BCUT2D eigenvalue weighted by molar-refractivity contribution is 5.79. The smallest absolute Gasteiger partial charge is 0.261 e. The van der Waals surface area contributed by atoms with Crippen molar-refractivity contribution < 1.29 is 4.74 Å². The molecule has 2 aromatic carbocycles. The molecular formula is C16H11N3O2. The van der Waals surface area contributed by atoms with Crippen molar-refractivity contribution in [1.29, 1.82) is 5.26 Å². The maximum atomic E-state index is 12.1. The number of hydrogen-bond acceptors (Lipinski definition) is 4. The Morgan fingerprint density at radius 1 is 1.24 bits per heavy atom. The molecule has 0 fully saturated rings. The summed E-state index contributed by atoms with van der Waals surface area (Å²) in [6.07, 6.45) is 1.48. The van der Waals surface area contributed by atoms with Crippen molar-refractivity contribution >= 4 is 10.9 Å². The molecule has 0 spiro atoms. The third-order valence-electron chi connectivity index (χ3n) is 3.12. The van der Waals surface area contributed by atoms with E-state index in [0.717, 1.165) is 0 Å². The first kappa shape index (κ1) is 12.9. The van der Waals surface area contributed by atoms with Gasteiger partial charge in [0.25, 0.3) is 5.56 Å². The maximum Gasteiger partial charge on any atom is 0.261 e. The first-order valence-corrected chi connectivity index (χ1v) is 6.31. The quantitative estimate of drug-likeness (QED) is 0.722. The number of rotatable bonds is 2. The first-order chi connectivity index (χ1) is 10.2. The number of para-hydroxylation sites is 1. The molecule has 3 rings (SSSR count). The van der Waals surface area contributed by atoms with E-state index in [9.17, 15) is 4.79 Å². The summed E-state index contributed by atoms with van der Waals surface area (Å²) in [5, 5.41) is 9.53. The van der Waals surface area contributed by atoms with E-state index in [2.05, 4.69) is 11.1 Å². The van der Waals surface area contributed by atoms with Crippen molar-refractivity contribution in [2.24, 2.45) is 7.05 Å². The lowest BCUT2D eigenvalue weighted by atomic mass is 10.2. The Morgan fingerprint density at radius 3 is 2.86 bits per heavy atom. The van der Waals surface area contributed by atoms with Crippen molar-refractivity contribution in [3.05, 3.63) is 64.7 Å². The van der Waals surface area contributed by atoms with E-state index >= 15 is 0 Å². The van der Waals surface area contributed by atoms with Crippen LogP contribution in [-0.2, 0) is 7.05 Å². The van der Waals surface area contributed by atoms with E-state index in [1.807, 2.05) is 0 Å². The van der Waals surface area contributed by atoms with Crippen LogP contribution in [0.5, 0.6) is 11.5 Å². The molecule has 0 radical (unpaired) electrons. The average Bonchev–Trinajstić information content (AvgIpc) is 2.52. The van der Waals surface area contributed by atoms with Crippen LogP contribution in [0.3, 0.4) is 0 Å². The van der Waals surface area contributed by atoms with Gasteiger partial charge in [-0.05, 0) is 30.3 Å². The van der Waals surface area contributed by atoms with Crippen LogP contribution in [0.15, 0.2) is 53.6 Å². The second kappa shape index (κ2) is 5.10. The lowest BCUT2D eigenvalue weighted by molar-refractivity contribution is 0.482. The number of benzene rings is 2. The number of hydrogen-bond donors (Lipinski definition) is 0. The Morgan fingerprint density at radius 2 is 2.05 bits per heavy atom. The standard InChI is InChI=1S/C16H11N3O2/c1-19-10-18-14-7-6-12(8-13(14)16(19)20)21-15-5-3-2-4-11(15)9-17/h2-8,10H,1H3. The molecule has 5 heteroatoms. The Labute approximate surface area is 120 Å². The summed E-state index contributed by atoms with van der Waals surface area (Å²) < 4.78 is 7.12. The van der Waals surface area contributed by atoms with Crippen LogP contribution in [0.25, 0.3) is 10.9 Å². The van der Waals surface area contributed by atoms with Gasteiger partial charge < -0.3 is 9.30 Å². The number of aryl methyl sites for hydroxylation is 1. The van der Waals surface area contributed by atoms with E-state index in [-0.39, 0.29) is 5.56 Å². The molecule has 0 aliphatic heterocycles. The van der Waals surface area contributed by atoms with E-state index in [0.29, 0.717) is 28.0 Å². The number of nitriles is 1. The van der Waals surface area contributed by atoms with Gasteiger partial charge in [-0.15, -0.1) is 0 Å². The molecular weight excluding hydrogens is 266 g/mol. The van der Waals surface area contributed by atoms with Crippen LogP contribution in [0.2, 0.25) is 0 Å². The van der Waals surface area contributed by atoms with E-state index in [1.165, 1.54) is 10.9 Å². The molecule has 0 N–H and O–H groups in total. The fourth-order valence-corrected chi connectivity index (χ4v) is 2.03. The molecule has 0 aliphatic rings. The SMILES string of the molecule is Cn1cnc2ccc(Oc3ccccc3C#N)cc2c1=O. The normalized spacial score (nSPS) is 10.3. The Balaban J connectivity index is 2.08. The molecule has 0 atom stereocenters. The van der Waals surface area contributed by atoms with Gasteiger partial charge in [-0.2, -0.15) is 5.26 Å². The number of aromatic nitrogens is 2. The van der Waals surface area contributed by atoms with E-state index < -0.39 is 0 Å². The zero-order chi connectivity index (χ0) is 14.8. The monoisotopic (exact) mass is 277 g/mol. The van der Waals surface area contributed by atoms with Gasteiger partial charge in [0.05, 0.1) is 22.8 Å². The Bertz CT molecular complexity index is 923. The molecule has 21 heavy (non-hydrogen) atoms. The van der Waals surface area contributed by atoms with Crippen LogP contribution in [-0.4, -0.2) is 9.55 Å². The zero-order valence-electron chi connectivity index (χ0n) is 11.3. The molecule has 3 aromatic rings. The number of fused-ring (bicyclic) bond motifs is 1. The summed E-state index contributed by atoms with van der Waals surface area (Å²) in [6, 6.07) is 14.1. The molecule has 102 valence electrons. The molecule has 0 amide bonds. The fraction of sp³-hybridized carbons (Fsp3) is 0.0625. The highest BCUT2D eigenvalue weighted by Crippen LogP contribution is 2.26. The van der Waals surface area contributed by atoms with Crippen molar-refractivity contribution in [3.8, 4) is 17.6 Å². The van der Waals surface area contributed by atoms with Crippen LogP contribution >= 0.6 is 0 Å². The molecule has 0 saturated heterocycles. The Kier molecular flexibility index (Phi) is 3.13. The highest BCUT2D eigenvalue weighted by atomic mass is 16.5. The van der Waals surface area contributed by atoms with Gasteiger partial charge in [0.2, 0.25) is 0 Å². The summed E-state index contributed by atoms with van der Waals surface area (Å²) in [6.45, 7) is 0. The van der Waals surface area contributed by atoms with Crippen LogP contribution in [0.4, 0.5) is 0 Å². The van der Waals surface area contributed by atoms with Crippen molar-refractivity contribution in [2.45, 2.75) is 0 Å². The van der Waals surface area contributed by atoms with Crippen LogP contribution in [0, 0.1) is 11.3 Å². The largest absolute Gasteiger partial charge is 0.456 e. The summed E-state index contributed by atoms with van der Waals surface area (Å²) in [7, 11) is 1.65. The molecule has 5 nitrogen and oxygen atoms in total. The maximum absolute atomic E-state index is 12.1. The van der Waals surface area contributed by atoms with Gasteiger partial charge in [0.15, 0.2) is 0 Å². The minimum absolute atomic E-state index is 0.140. The summed E-state index contributed by atoms with van der Waals surface area (Å²) in [5.74, 6) is 0.954. The molecule has 0 unspecified atom stereocenters. The summed E-state index contributed by atoms with van der Waals surface area (Å²) in [4.78, 5) is 16.2. The minimum atomic E-state index is -0.140. The molecule has 0 bridgehead atoms. The predicted molar refractivity (Wildman–Crippen MR) is 78.2 cm³/mol. The van der Waals surface area contributed by atoms with Crippen molar-refractivity contribution in [3.63, 3.8) is 0 Å². The predicted octanol–water partition coefficient (Wildman–Crippen LogP) is 2.60. The molecule has 1 heterocycles. The van der Waals surface area contributed by atoms with Gasteiger partial charge >= 0.3 is 0 Å². The van der Waals surface area contributed by atoms with Crippen LogP contribution in [0.1, 0.15) is 5.56 Å². The van der Waals surface area contributed by atoms with Gasteiger partial charge in [-0.25, -0.2) is 4.98 Å². The van der Waals surface area contributed by atoms with Gasteiger partial charge in [0, 0.05) is 7.05 Å². The Hall–Kier alpha value is -3.13. The number of nitrogens with zero attached hydrogens (tertiary/aromatic N) is 3. The van der Waals surface area contributed by atoms with Crippen molar-refractivity contribution in [2.75, 3.05) is 0 Å². The second-order valence-corrected chi connectivity index (χ2v) is 4.55. The molecule has 0 aliphatic carbocycles. The third kappa shape index (κ3) is 2.35. The topological polar surface area (TPSA) is 67.9 Å². The lowest BCUT2D eigenvalue weighted by Crippen LogP contribution is -2.16. The van der Waals surface area contributed by atoms with E-state index in [1.54, 1.807) is 49.5 Å². The first-order valence-electron chi connectivity index (χ1n) is 6.31. The molecule has 1 aromatic heterocycles. The lowest BCUT2D eigenvalue weighted by Gasteiger charge is -2.08. The second-order valence-electron chi connectivity index (χ2n) is 4.55. The van der Waals surface area contributed by atoms with Gasteiger partial charge in [0.1, 0.15) is 17.6 Å². The van der Waals surface area contributed by atoms with Gasteiger partial charge in [-0.1, -0.05) is 12.1 Å². The van der Waals surface area contributed by atoms with Crippen LogP contribution < -0.4 is 10.3 Å². The summed E-state index contributed by atoms with van der Waals surface area (Å²) >= 11 is 0. The van der Waals surface area contributed by atoms with E-state index in [4.69, 9.17) is 10.00 Å². The minimum Gasteiger partial charge on any atom is -0.456 e. The average molecular weight is 277 g/mol. The number of ether oxygens (including phenoxy) is 1. The fourth-order valence-electron chi connectivity index (χ4n) is 2.03. The summed E-state index contributed by atoms with van der Waals surface area (Å²) in [5.41, 5.74) is 0.912. The molecule has 0 saturated carbocycles. The van der Waals surface area contributed by atoms with Gasteiger partial charge in [-0.3, -0.25) is 4.79 Å². The third-order valence-corrected chi connectivity index (χ3v) is 3.12. The zero-order valence-corrected chi connectivity index (χ0v) is 11.3.